The lowest BCUT2D eigenvalue weighted by atomic mass is 10.2. The third kappa shape index (κ3) is 6.32. The Hall–Kier alpha value is -2.64. The van der Waals surface area contributed by atoms with Crippen molar-refractivity contribution in [1.82, 2.24) is 28.5 Å². The lowest BCUT2D eigenvalue weighted by Crippen LogP contribution is -2.51. The molecular formula is C26H38N6O5S. The summed E-state index contributed by atoms with van der Waals surface area (Å²) in [6.45, 7) is 9.69. The van der Waals surface area contributed by atoms with Crippen molar-refractivity contribution in [3.8, 4) is 0 Å². The van der Waals surface area contributed by atoms with Crippen molar-refractivity contribution >= 4 is 22.0 Å². The van der Waals surface area contributed by atoms with Gasteiger partial charge in [0.25, 0.3) is 5.56 Å². The van der Waals surface area contributed by atoms with E-state index in [1.165, 1.54) is 17.9 Å². The first-order valence-electron chi connectivity index (χ1n) is 13.0. The fourth-order valence-corrected chi connectivity index (χ4v) is 6.00. The Kier molecular flexibility index (Phi) is 8.99. The van der Waals surface area contributed by atoms with E-state index in [4.69, 9.17) is 0 Å². The Labute approximate surface area is 224 Å². The lowest BCUT2D eigenvalue weighted by Gasteiger charge is -2.36. The number of fused-ring (bicyclic) bond motifs is 1. The Bertz CT molecular complexity index is 1390. The van der Waals surface area contributed by atoms with Gasteiger partial charge in [-0.2, -0.15) is 0 Å². The maximum atomic E-state index is 12.8. The van der Waals surface area contributed by atoms with Crippen LogP contribution in [0.25, 0.3) is 11.2 Å². The van der Waals surface area contributed by atoms with Crippen LogP contribution in [0, 0.1) is 6.92 Å². The normalized spacial score (nSPS) is 17.8. The van der Waals surface area contributed by atoms with Crippen LogP contribution in [0.15, 0.2) is 45.1 Å². The van der Waals surface area contributed by atoms with E-state index in [0.29, 0.717) is 24.3 Å². The number of aryl methyl sites for hydroxylation is 1. The van der Waals surface area contributed by atoms with Crippen LogP contribution >= 0.6 is 0 Å². The molecule has 0 bridgehead atoms. The van der Waals surface area contributed by atoms with E-state index >= 15 is 0 Å². The first-order chi connectivity index (χ1) is 18.0. The summed E-state index contributed by atoms with van der Waals surface area (Å²) in [5, 5.41) is 21.3. The molecule has 0 amide bonds. The summed E-state index contributed by atoms with van der Waals surface area (Å²) < 4.78 is 16.8. The summed E-state index contributed by atoms with van der Waals surface area (Å²) in [5.74, 6) is 0.199. The van der Waals surface area contributed by atoms with Crippen LogP contribution in [0.5, 0.6) is 0 Å². The van der Waals surface area contributed by atoms with E-state index in [2.05, 4.69) is 14.8 Å². The van der Waals surface area contributed by atoms with Crippen molar-refractivity contribution in [3.63, 3.8) is 0 Å². The molecule has 0 spiro atoms. The van der Waals surface area contributed by atoms with E-state index in [-0.39, 0.29) is 18.3 Å². The van der Waals surface area contributed by atoms with Gasteiger partial charge in [0, 0.05) is 57.3 Å². The minimum atomic E-state index is -1.25. The van der Waals surface area contributed by atoms with Crippen molar-refractivity contribution in [2.45, 2.75) is 50.5 Å². The number of piperazine rings is 1. The predicted octanol–water partition coefficient (Wildman–Crippen LogP) is -0.0668. The highest BCUT2D eigenvalue weighted by Crippen LogP contribution is 2.14. The molecule has 1 saturated heterocycles. The molecule has 1 aliphatic heterocycles. The van der Waals surface area contributed by atoms with Crippen LogP contribution in [0.1, 0.15) is 25.5 Å². The van der Waals surface area contributed by atoms with Gasteiger partial charge >= 0.3 is 5.69 Å². The van der Waals surface area contributed by atoms with Gasteiger partial charge in [0.1, 0.15) is 0 Å². The lowest BCUT2D eigenvalue weighted by molar-refractivity contribution is 0.0488. The van der Waals surface area contributed by atoms with Gasteiger partial charge in [-0.05, 0) is 32.9 Å². The van der Waals surface area contributed by atoms with Crippen LogP contribution in [-0.4, -0.2) is 100 Å². The zero-order valence-corrected chi connectivity index (χ0v) is 23.3. The van der Waals surface area contributed by atoms with Gasteiger partial charge in [0.15, 0.2) is 11.2 Å². The second-order valence-electron chi connectivity index (χ2n) is 10.4. The van der Waals surface area contributed by atoms with Gasteiger partial charge in [-0.3, -0.25) is 27.9 Å². The highest BCUT2D eigenvalue weighted by Gasteiger charge is 2.24. The molecule has 0 aliphatic carbocycles. The Morgan fingerprint density at radius 2 is 1.53 bits per heavy atom. The molecule has 208 valence electrons. The summed E-state index contributed by atoms with van der Waals surface area (Å²) in [7, 11) is 0.205. The number of nitrogens with zero attached hydrogens (tertiary/aromatic N) is 6. The van der Waals surface area contributed by atoms with Crippen molar-refractivity contribution in [2.24, 2.45) is 7.05 Å². The maximum Gasteiger partial charge on any atom is 0.332 e. The third-order valence-corrected chi connectivity index (χ3v) is 8.49. The number of aliphatic hydroxyl groups is 2. The summed E-state index contributed by atoms with van der Waals surface area (Å²) >= 11 is 0. The predicted molar refractivity (Wildman–Crippen MR) is 147 cm³/mol. The molecule has 1 aromatic carbocycles. The molecule has 2 N–H and O–H groups in total. The maximum absolute atomic E-state index is 12.8. The molecule has 11 nitrogen and oxygen atoms in total. The number of hydrogen-bond acceptors (Lipinski definition) is 8. The molecule has 1 fully saturated rings. The number of imidazole rings is 1. The standard InChI is InChI=1S/C26H38N6O5S/c1-18(2)32-24-23(25(35)28(4)26(32)36)31(17-27-24)15-20(33)13-29-9-11-30(12-10-29)14-21(34)16-38(37)22-7-5-19(3)6-8-22/h5-8,17-18,20-21,33-34H,9-16H2,1-4H3. The monoisotopic (exact) mass is 546 g/mol. The zero-order valence-electron chi connectivity index (χ0n) is 22.5. The summed E-state index contributed by atoms with van der Waals surface area (Å²) in [6, 6.07) is 7.37. The minimum Gasteiger partial charge on any atom is -0.391 e. The van der Waals surface area contributed by atoms with Crippen molar-refractivity contribution in [2.75, 3.05) is 45.0 Å². The fourth-order valence-electron chi connectivity index (χ4n) is 4.92. The topological polar surface area (TPSA) is 126 Å². The number of hydrogen-bond donors (Lipinski definition) is 2. The Morgan fingerprint density at radius 3 is 2.11 bits per heavy atom. The summed E-state index contributed by atoms with van der Waals surface area (Å²) in [5.41, 5.74) is 0.904. The average Bonchev–Trinajstić information content (AvgIpc) is 3.26. The van der Waals surface area contributed by atoms with Gasteiger partial charge in [0.2, 0.25) is 0 Å². The number of β-amino-alcohol motifs (C(OH)–C–C–N with tert-alkyl or cyclic N) is 2. The van der Waals surface area contributed by atoms with E-state index < -0.39 is 34.3 Å². The van der Waals surface area contributed by atoms with Crippen LogP contribution in [0.4, 0.5) is 0 Å². The second-order valence-corrected chi connectivity index (χ2v) is 11.9. The number of rotatable bonds is 10. The van der Waals surface area contributed by atoms with Crippen LogP contribution < -0.4 is 11.2 Å². The minimum absolute atomic E-state index is 0.164. The molecule has 3 heterocycles. The van der Waals surface area contributed by atoms with E-state index in [1.54, 1.807) is 4.57 Å². The molecular weight excluding hydrogens is 508 g/mol. The molecule has 1 aliphatic rings. The number of aromatic nitrogens is 4. The van der Waals surface area contributed by atoms with Crippen molar-refractivity contribution < 1.29 is 14.4 Å². The zero-order chi connectivity index (χ0) is 27.6. The first-order valence-corrected chi connectivity index (χ1v) is 14.3. The Morgan fingerprint density at radius 1 is 0.947 bits per heavy atom. The van der Waals surface area contributed by atoms with E-state index in [9.17, 15) is 24.0 Å². The van der Waals surface area contributed by atoms with Crippen molar-refractivity contribution in [3.05, 3.63) is 57.0 Å². The molecule has 2 aromatic heterocycles. The SMILES string of the molecule is Cc1ccc(S(=O)CC(O)CN2CCN(CC(O)Cn3cnc4c3c(=O)n(C)c(=O)n4C(C)C)CC2)cc1. The summed E-state index contributed by atoms with van der Waals surface area (Å²) in [4.78, 5) is 34.7. The molecule has 0 radical (unpaired) electrons. The number of benzene rings is 1. The molecule has 38 heavy (non-hydrogen) atoms. The number of aliphatic hydroxyl groups excluding tert-OH is 2. The molecule has 3 aromatic rings. The highest BCUT2D eigenvalue weighted by atomic mass is 32.2. The summed E-state index contributed by atoms with van der Waals surface area (Å²) in [6.07, 6.45) is 0.0910. The van der Waals surface area contributed by atoms with Crippen molar-refractivity contribution in [1.29, 1.82) is 0 Å². The smallest absolute Gasteiger partial charge is 0.332 e. The van der Waals surface area contributed by atoms with Gasteiger partial charge in [0.05, 0.1) is 41.6 Å². The quantitative estimate of drug-likeness (QED) is 0.362. The van der Waals surface area contributed by atoms with Gasteiger partial charge < -0.3 is 14.8 Å². The van der Waals surface area contributed by atoms with Gasteiger partial charge in [-0.1, -0.05) is 17.7 Å². The molecule has 12 heteroatoms. The Balaban J connectivity index is 1.29. The third-order valence-electron chi connectivity index (χ3n) is 7.00. The van der Waals surface area contributed by atoms with Gasteiger partial charge in [-0.15, -0.1) is 0 Å². The highest BCUT2D eigenvalue weighted by molar-refractivity contribution is 7.85. The largest absolute Gasteiger partial charge is 0.391 e. The van der Waals surface area contributed by atoms with Gasteiger partial charge in [-0.25, -0.2) is 9.78 Å². The van der Waals surface area contributed by atoms with Crippen LogP contribution in [-0.2, 0) is 24.4 Å². The fraction of sp³-hybridized carbons (Fsp3) is 0.577. The van der Waals surface area contributed by atoms with Crippen LogP contribution in [0.3, 0.4) is 0 Å². The van der Waals surface area contributed by atoms with E-state index in [0.717, 1.165) is 41.2 Å². The first kappa shape index (κ1) is 28.4. The molecule has 4 rings (SSSR count). The second kappa shape index (κ2) is 12.0. The molecule has 3 unspecified atom stereocenters. The van der Waals surface area contributed by atoms with Crippen LogP contribution in [0.2, 0.25) is 0 Å². The molecule has 0 saturated carbocycles. The molecule has 3 atom stereocenters. The average molecular weight is 547 g/mol. The van der Waals surface area contributed by atoms with E-state index in [1.807, 2.05) is 45.0 Å².